The fourth-order valence-electron chi connectivity index (χ4n) is 11.8. The predicted octanol–water partition coefficient (Wildman–Crippen LogP) is 6.62. The maximum atomic E-state index is 13.6. The van der Waals surface area contributed by atoms with Crippen LogP contribution in [0.4, 0.5) is 0 Å². The van der Waals surface area contributed by atoms with Gasteiger partial charge in [-0.1, -0.05) is 51.4 Å². The third-order valence-electron chi connectivity index (χ3n) is 18.9. The van der Waals surface area contributed by atoms with Gasteiger partial charge in [0.05, 0.1) is 108 Å². The van der Waals surface area contributed by atoms with Crippen LogP contribution < -0.4 is 41.8 Å². The van der Waals surface area contributed by atoms with Crippen molar-refractivity contribution in [3.8, 4) is 11.5 Å². The Hall–Kier alpha value is -9.27. The zero-order valence-electron chi connectivity index (χ0n) is 70.5. The Balaban J connectivity index is 1.43. The molecule has 0 radical (unpaired) electrons. The van der Waals surface area contributed by atoms with Gasteiger partial charge in [-0.15, -0.1) is 0 Å². The van der Waals surface area contributed by atoms with E-state index in [0.717, 1.165) is 51.4 Å². The van der Waals surface area contributed by atoms with E-state index < -0.39 is 71.0 Å². The van der Waals surface area contributed by atoms with Crippen molar-refractivity contribution >= 4 is 88.3 Å². The van der Waals surface area contributed by atoms with Gasteiger partial charge in [0.2, 0.25) is 29.5 Å². The van der Waals surface area contributed by atoms with Crippen molar-refractivity contribution in [2.75, 3.05) is 145 Å². The van der Waals surface area contributed by atoms with Crippen LogP contribution in [0.15, 0.2) is 48.5 Å². The third-order valence-corrected chi connectivity index (χ3v) is 18.9. The van der Waals surface area contributed by atoms with E-state index in [-0.39, 0.29) is 273 Å². The molecule has 0 aliphatic heterocycles. The summed E-state index contributed by atoms with van der Waals surface area (Å²) >= 11 is 0. The van der Waals surface area contributed by atoms with Gasteiger partial charge in [0.1, 0.15) is 61.3 Å². The van der Waals surface area contributed by atoms with Crippen LogP contribution >= 0.6 is 0 Å². The molecule has 0 bridgehead atoms. The van der Waals surface area contributed by atoms with E-state index in [9.17, 15) is 87.2 Å². The smallest absolute Gasteiger partial charge is 0.335 e. The Bertz CT molecular complexity index is 3370. The molecule has 0 unspecified atom stereocenters. The zero-order chi connectivity index (χ0) is 89.1. The number of hydrogen-bond donors (Lipinski definition) is 11. The normalized spacial score (nSPS) is 12.3. The summed E-state index contributed by atoms with van der Waals surface area (Å²) in [7, 11) is 0. The summed E-state index contributed by atoms with van der Waals surface area (Å²) in [5.74, 6) is -10.3. The quantitative estimate of drug-likeness (QED) is 0.0310. The van der Waals surface area contributed by atoms with Crippen molar-refractivity contribution in [2.24, 2.45) is 23.5 Å². The number of amides is 5. The van der Waals surface area contributed by atoms with Gasteiger partial charge in [0.25, 0.3) is 0 Å². The molecule has 2 rings (SSSR count). The average Bonchev–Trinajstić information content (AvgIpc) is 0.868. The van der Waals surface area contributed by atoms with E-state index in [1.165, 1.54) is 38.1 Å². The van der Waals surface area contributed by atoms with Gasteiger partial charge in [-0.05, 0) is 139 Å². The van der Waals surface area contributed by atoms with Crippen molar-refractivity contribution in [1.29, 1.82) is 0 Å². The van der Waals surface area contributed by atoms with Crippen LogP contribution in [-0.2, 0) is 100 Å². The Morgan fingerprint density at radius 2 is 0.719 bits per heavy atom. The first-order chi connectivity index (χ1) is 58.0. The van der Waals surface area contributed by atoms with Gasteiger partial charge in [-0.25, -0.2) is 14.4 Å². The number of hydrogen-bond acceptors (Lipinski definition) is 26. The van der Waals surface area contributed by atoms with Gasteiger partial charge in [0.15, 0.2) is 11.6 Å². The van der Waals surface area contributed by atoms with Crippen LogP contribution in [-0.4, -0.2) is 271 Å². The molecule has 0 saturated heterocycles. The highest BCUT2D eigenvalue weighted by Gasteiger charge is 2.32. The fourth-order valence-corrected chi connectivity index (χ4v) is 11.8. The summed E-state index contributed by atoms with van der Waals surface area (Å²) in [4.78, 5) is 183. The van der Waals surface area contributed by atoms with Crippen molar-refractivity contribution in [3.63, 3.8) is 0 Å². The van der Waals surface area contributed by atoms with E-state index in [1.807, 2.05) is 0 Å². The number of carbonyl (C=O) groups is 15. The average molecular weight is 1720 g/mol. The molecule has 682 valence electrons. The van der Waals surface area contributed by atoms with Gasteiger partial charge in [0, 0.05) is 103 Å². The first kappa shape index (κ1) is 108. The number of ether oxygens (including phenoxy) is 10. The molecule has 0 fully saturated rings. The zero-order valence-corrected chi connectivity index (χ0v) is 70.5. The van der Waals surface area contributed by atoms with Gasteiger partial charge >= 0.3 is 29.8 Å². The lowest BCUT2D eigenvalue weighted by Crippen LogP contribution is -2.43. The minimum atomic E-state index is -1.22. The molecular weight excluding hydrogens is 1580 g/mol. The summed E-state index contributed by atoms with van der Waals surface area (Å²) in [6.07, 6.45) is 10.8. The van der Waals surface area contributed by atoms with E-state index >= 15 is 0 Å². The first-order valence-corrected chi connectivity index (χ1v) is 42.0. The molecule has 0 spiro atoms. The number of Topliss-reactive ketones (excluding diaryl/α,β-unsaturated/α-hetero) is 5. The molecule has 0 heterocycles. The topological polar surface area (TPSA) is 536 Å². The number of carbonyl (C=O) groups excluding carboxylic acids is 10. The van der Waals surface area contributed by atoms with Crippen LogP contribution in [0, 0.1) is 17.8 Å². The lowest BCUT2D eigenvalue weighted by molar-refractivity contribution is -0.145. The lowest BCUT2D eigenvalue weighted by Gasteiger charge is -2.22. The highest BCUT2D eigenvalue weighted by Crippen LogP contribution is 2.25. The molecule has 121 heavy (non-hydrogen) atoms. The van der Waals surface area contributed by atoms with E-state index in [4.69, 9.17) is 63.3 Å². The Morgan fingerprint density at radius 3 is 1.18 bits per heavy atom. The summed E-state index contributed by atoms with van der Waals surface area (Å²) in [5.41, 5.74) is 5.19. The number of aliphatic carboxylic acids is 3. The second-order valence-electron chi connectivity index (χ2n) is 29.8. The number of carboxylic acid groups (broad SMARTS) is 5. The summed E-state index contributed by atoms with van der Waals surface area (Å²) in [6, 6.07) is 11.1. The highest BCUT2D eigenvalue weighted by atomic mass is 16.5. The lowest BCUT2D eigenvalue weighted by atomic mass is 9.83. The molecule has 2 aromatic carbocycles. The number of nitrogens with one attached hydrogen (secondary N) is 5. The minimum Gasteiger partial charge on any atom is -0.494 e. The van der Waals surface area contributed by atoms with Crippen LogP contribution in [0.1, 0.15) is 221 Å². The predicted molar refractivity (Wildman–Crippen MR) is 439 cm³/mol. The first-order valence-electron chi connectivity index (χ1n) is 42.0. The molecule has 0 aliphatic rings. The Kier molecular flexibility index (Phi) is 60.8. The van der Waals surface area contributed by atoms with Crippen molar-refractivity contribution < 1.29 is 145 Å². The van der Waals surface area contributed by atoms with Crippen molar-refractivity contribution in [3.05, 3.63) is 59.7 Å². The number of carboxylic acids is 5. The Morgan fingerprint density at radius 1 is 0.322 bits per heavy atom. The maximum absolute atomic E-state index is 13.6. The molecule has 12 N–H and O–H groups in total. The fraction of sp³-hybridized carbons (Fsp3) is 0.682. The van der Waals surface area contributed by atoms with E-state index in [1.54, 1.807) is 24.3 Å². The number of benzene rings is 2. The van der Waals surface area contributed by atoms with E-state index in [2.05, 4.69) is 26.6 Å². The summed E-state index contributed by atoms with van der Waals surface area (Å²) < 4.78 is 54.6. The van der Waals surface area contributed by atoms with Crippen LogP contribution in [0.25, 0.3) is 0 Å². The number of ketones is 5. The molecule has 5 amide bonds. The molecular formula is C85H132N6O30. The minimum absolute atomic E-state index is 0.0169. The number of nitrogens with two attached hydrogens (primary N) is 1. The third kappa shape index (κ3) is 59.2. The van der Waals surface area contributed by atoms with Crippen LogP contribution in [0.2, 0.25) is 0 Å². The van der Waals surface area contributed by atoms with Gasteiger partial charge in [-0.2, -0.15) is 0 Å². The summed E-state index contributed by atoms with van der Waals surface area (Å²) in [5, 5.41) is 60.5. The van der Waals surface area contributed by atoms with E-state index in [0.29, 0.717) is 76.1 Å². The van der Waals surface area contributed by atoms with Crippen molar-refractivity contribution in [1.82, 2.24) is 26.6 Å². The van der Waals surface area contributed by atoms with Crippen LogP contribution in [0.3, 0.4) is 0 Å². The number of rotatable bonds is 82. The molecule has 36 heteroatoms. The second-order valence-corrected chi connectivity index (χ2v) is 29.8. The standard InChI is InChI=1S/C85H132N6O30/c1-85(2,86)74(96)57-64(19-11-13-37-87-77(99)59-117-52-48-113-42-18-23-69(94)58-116-51-49-114-45-39-89-75(97)36-29-66(83(108)109)55-68(93)21-9-5-3-7-15-43-120-70-31-25-62(26-32-70)80(102)103)73(95)56-65(82(106)107)20-12-14-38-88-78(100)60-119-54-50-115-46-40-90-79(101)61-118-53-47-112-41-17-22-67(92)30-35-72(84(110)111)91-76(98)24-10-6-4-8-16-44-121-71-33-27-63(28-34-71)81(104)105/h25-28,31-34,64-66,72H,3-24,29-30,35-61,86H2,1-2H3,(H,87,99)(H,88,100)(H,89,97)(H,90,101)(H,91,98)(H,102,103)(H,104,105)(H,106,107)(H,108,109)(H,110,111)/t64-,65-,66-,72+/m1/s1. The molecule has 4 atom stereocenters. The Labute approximate surface area is 708 Å². The summed E-state index contributed by atoms with van der Waals surface area (Å²) in [6.45, 7) is 6.00. The molecule has 36 nitrogen and oxygen atoms in total. The highest BCUT2D eigenvalue weighted by molar-refractivity contribution is 5.94. The molecule has 0 aromatic heterocycles. The monoisotopic (exact) mass is 1720 g/mol. The second kappa shape index (κ2) is 68.3. The van der Waals surface area contributed by atoms with Crippen LogP contribution in [0.5, 0.6) is 11.5 Å². The largest absolute Gasteiger partial charge is 0.494 e. The molecule has 2 aromatic rings. The van der Waals surface area contributed by atoms with Gasteiger partial charge in [-0.3, -0.25) is 57.5 Å². The number of aromatic carboxylic acids is 2. The maximum Gasteiger partial charge on any atom is 0.335 e. The molecule has 0 aliphatic carbocycles. The number of unbranched alkanes of at least 4 members (excludes halogenated alkanes) is 10. The SMILES string of the molecule is CC(C)(N)C(=O)C[C@@H](CCCCNC(=O)COCCOCCCC(=O)COCCOCCNC(=O)CC[C@H](CC(=O)CCCCCCCOc1ccc(C(=O)O)cc1)C(=O)O)C(=O)C[C@@H](CCCCNC(=O)COCCOCCNC(=O)COCCOCCCC(=O)CC[C@H](NC(=O)CCCCCCCOc1ccc(C(=O)O)cc1)C(=O)O)C(=O)O. The van der Waals surface area contributed by atoms with Crippen molar-refractivity contribution in [2.45, 2.75) is 212 Å². The van der Waals surface area contributed by atoms with Gasteiger partial charge < -0.3 is 105 Å². The molecule has 0 saturated carbocycles.